The lowest BCUT2D eigenvalue weighted by Crippen LogP contribution is -2.30. The molecule has 1 aromatic rings. The Morgan fingerprint density at radius 1 is 1.59 bits per heavy atom. The third kappa shape index (κ3) is 3.06. The number of nitrogens with two attached hydrogens (primary N) is 1. The average Bonchev–Trinajstić information content (AvgIpc) is 2.73. The fourth-order valence-corrected chi connectivity index (χ4v) is 3.48. The van der Waals surface area contributed by atoms with E-state index in [1.807, 2.05) is 0 Å². The van der Waals surface area contributed by atoms with Crippen LogP contribution in [0, 0.1) is 0 Å². The summed E-state index contributed by atoms with van der Waals surface area (Å²) in [5.74, 6) is 0. The van der Waals surface area contributed by atoms with Crippen LogP contribution in [-0.4, -0.2) is 21.7 Å². The molecule has 3 nitrogen and oxygen atoms in total. The number of aromatic nitrogens is 1. The van der Waals surface area contributed by atoms with Crippen molar-refractivity contribution in [3.05, 3.63) is 16.1 Å². The molecule has 1 heterocycles. The SMILES string of the molecule is CC(C)(C)c1csc(CC2(O)CCC(N)C2)n1. The molecule has 4 heteroatoms. The monoisotopic (exact) mass is 254 g/mol. The molecule has 0 saturated heterocycles. The Labute approximate surface area is 107 Å². The molecule has 0 spiro atoms. The van der Waals surface area contributed by atoms with Crippen LogP contribution < -0.4 is 5.73 Å². The van der Waals surface area contributed by atoms with Crippen molar-refractivity contribution in [2.24, 2.45) is 5.73 Å². The molecule has 96 valence electrons. The van der Waals surface area contributed by atoms with E-state index in [0.29, 0.717) is 12.8 Å². The lowest BCUT2D eigenvalue weighted by Gasteiger charge is -2.21. The van der Waals surface area contributed by atoms with Crippen LogP contribution in [0.3, 0.4) is 0 Å². The highest BCUT2D eigenvalue weighted by Crippen LogP contribution is 2.33. The summed E-state index contributed by atoms with van der Waals surface area (Å²) in [5, 5.41) is 13.6. The zero-order chi connectivity index (χ0) is 12.7. The van der Waals surface area contributed by atoms with E-state index in [-0.39, 0.29) is 11.5 Å². The lowest BCUT2D eigenvalue weighted by atomic mass is 9.93. The molecule has 0 aliphatic heterocycles. The number of aliphatic hydroxyl groups is 1. The molecule has 0 amide bonds. The highest BCUT2D eigenvalue weighted by Gasteiger charge is 2.36. The van der Waals surface area contributed by atoms with E-state index in [1.54, 1.807) is 11.3 Å². The van der Waals surface area contributed by atoms with Crippen molar-refractivity contribution in [2.45, 2.75) is 63.5 Å². The van der Waals surface area contributed by atoms with Gasteiger partial charge in [0.15, 0.2) is 0 Å². The quantitative estimate of drug-likeness (QED) is 0.851. The second-order valence-corrected chi connectivity index (χ2v) is 7.22. The van der Waals surface area contributed by atoms with Crippen molar-refractivity contribution >= 4 is 11.3 Å². The first-order valence-electron chi connectivity index (χ1n) is 6.21. The topological polar surface area (TPSA) is 59.1 Å². The molecule has 17 heavy (non-hydrogen) atoms. The van der Waals surface area contributed by atoms with Gasteiger partial charge in [0, 0.05) is 23.3 Å². The van der Waals surface area contributed by atoms with Gasteiger partial charge in [0.05, 0.1) is 16.3 Å². The van der Waals surface area contributed by atoms with E-state index >= 15 is 0 Å². The average molecular weight is 254 g/mol. The zero-order valence-corrected chi connectivity index (χ0v) is 11.7. The summed E-state index contributed by atoms with van der Waals surface area (Å²) < 4.78 is 0. The van der Waals surface area contributed by atoms with E-state index in [4.69, 9.17) is 5.73 Å². The molecule has 1 aliphatic rings. The van der Waals surface area contributed by atoms with Gasteiger partial charge in [0.1, 0.15) is 0 Å². The predicted molar refractivity (Wildman–Crippen MR) is 71.3 cm³/mol. The van der Waals surface area contributed by atoms with Gasteiger partial charge in [0.25, 0.3) is 0 Å². The van der Waals surface area contributed by atoms with Gasteiger partial charge >= 0.3 is 0 Å². The normalized spacial score (nSPS) is 29.8. The van der Waals surface area contributed by atoms with Crippen molar-refractivity contribution in [1.29, 1.82) is 0 Å². The zero-order valence-electron chi connectivity index (χ0n) is 10.9. The molecule has 0 radical (unpaired) electrons. The minimum Gasteiger partial charge on any atom is -0.389 e. The molecule has 1 saturated carbocycles. The Morgan fingerprint density at radius 3 is 2.76 bits per heavy atom. The summed E-state index contributed by atoms with van der Waals surface area (Å²) in [5.41, 5.74) is 6.44. The maximum Gasteiger partial charge on any atom is 0.0957 e. The van der Waals surface area contributed by atoms with Gasteiger partial charge in [-0.3, -0.25) is 0 Å². The predicted octanol–water partition coefficient (Wildman–Crippen LogP) is 2.23. The minimum absolute atomic E-state index is 0.0868. The van der Waals surface area contributed by atoms with Gasteiger partial charge in [-0.2, -0.15) is 0 Å². The van der Waals surface area contributed by atoms with Gasteiger partial charge in [-0.15, -0.1) is 11.3 Å². The second-order valence-electron chi connectivity index (χ2n) is 6.28. The van der Waals surface area contributed by atoms with Crippen LogP contribution >= 0.6 is 11.3 Å². The largest absolute Gasteiger partial charge is 0.389 e. The van der Waals surface area contributed by atoms with E-state index in [9.17, 15) is 5.11 Å². The Hall–Kier alpha value is -0.450. The van der Waals surface area contributed by atoms with Crippen LogP contribution in [0.2, 0.25) is 0 Å². The van der Waals surface area contributed by atoms with Crippen LogP contribution in [0.5, 0.6) is 0 Å². The first-order chi connectivity index (χ1) is 7.78. The Bertz CT molecular complexity index is 396. The van der Waals surface area contributed by atoms with Crippen LogP contribution in [0.4, 0.5) is 0 Å². The third-order valence-electron chi connectivity index (χ3n) is 3.42. The summed E-state index contributed by atoms with van der Waals surface area (Å²) in [6.07, 6.45) is 3.09. The van der Waals surface area contributed by atoms with E-state index < -0.39 is 5.60 Å². The fourth-order valence-electron chi connectivity index (χ4n) is 2.32. The number of rotatable bonds is 2. The van der Waals surface area contributed by atoms with Gasteiger partial charge < -0.3 is 10.8 Å². The summed E-state index contributed by atoms with van der Waals surface area (Å²) in [6, 6.07) is 0.155. The van der Waals surface area contributed by atoms with Crippen LogP contribution in [0.25, 0.3) is 0 Å². The highest BCUT2D eigenvalue weighted by molar-refractivity contribution is 7.09. The van der Waals surface area contributed by atoms with Crippen molar-refractivity contribution in [3.8, 4) is 0 Å². The summed E-state index contributed by atoms with van der Waals surface area (Å²) in [6.45, 7) is 6.48. The fraction of sp³-hybridized carbons (Fsp3) is 0.769. The van der Waals surface area contributed by atoms with Gasteiger partial charge in [0.2, 0.25) is 0 Å². The second kappa shape index (κ2) is 4.34. The molecule has 2 rings (SSSR count). The molecular weight excluding hydrogens is 232 g/mol. The maximum atomic E-state index is 10.4. The van der Waals surface area contributed by atoms with Gasteiger partial charge in [-0.1, -0.05) is 20.8 Å². The maximum absolute atomic E-state index is 10.4. The summed E-state index contributed by atoms with van der Waals surface area (Å²) in [4.78, 5) is 4.63. The van der Waals surface area contributed by atoms with Gasteiger partial charge in [-0.05, 0) is 19.3 Å². The third-order valence-corrected chi connectivity index (χ3v) is 4.27. The minimum atomic E-state index is -0.619. The molecule has 2 unspecified atom stereocenters. The molecule has 0 bridgehead atoms. The Morgan fingerprint density at radius 2 is 2.29 bits per heavy atom. The lowest BCUT2D eigenvalue weighted by molar-refractivity contribution is 0.0467. The van der Waals surface area contributed by atoms with Crippen LogP contribution in [0.15, 0.2) is 5.38 Å². The van der Waals surface area contributed by atoms with Gasteiger partial charge in [-0.25, -0.2) is 4.98 Å². The molecular formula is C13H22N2OS. The number of nitrogens with zero attached hydrogens (tertiary/aromatic N) is 1. The standard InChI is InChI=1S/C13H22N2OS/c1-12(2,3)10-8-17-11(15-10)7-13(16)5-4-9(14)6-13/h8-9,16H,4-7,14H2,1-3H3. The molecule has 3 N–H and O–H groups in total. The molecule has 2 atom stereocenters. The van der Waals surface area contributed by atoms with E-state index in [2.05, 4.69) is 31.1 Å². The Kier molecular flexibility index (Phi) is 3.31. The van der Waals surface area contributed by atoms with Crippen molar-refractivity contribution in [3.63, 3.8) is 0 Å². The first-order valence-corrected chi connectivity index (χ1v) is 7.09. The van der Waals surface area contributed by atoms with Crippen molar-refractivity contribution in [1.82, 2.24) is 4.98 Å². The molecule has 1 aromatic heterocycles. The van der Waals surface area contributed by atoms with Crippen molar-refractivity contribution < 1.29 is 5.11 Å². The van der Waals surface area contributed by atoms with E-state index in [1.165, 1.54) is 0 Å². The number of thiazole rings is 1. The number of hydrogen-bond donors (Lipinski definition) is 2. The first kappa shape index (κ1) is 13.0. The van der Waals surface area contributed by atoms with Crippen molar-refractivity contribution in [2.75, 3.05) is 0 Å². The van der Waals surface area contributed by atoms with Crippen LogP contribution in [-0.2, 0) is 11.8 Å². The Balaban J connectivity index is 2.07. The molecule has 0 aromatic carbocycles. The summed E-state index contributed by atoms with van der Waals surface area (Å²) >= 11 is 1.65. The molecule has 1 fully saturated rings. The number of hydrogen-bond acceptors (Lipinski definition) is 4. The summed E-state index contributed by atoms with van der Waals surface area (Å²) in [7, 11) is 0. The highest BCUT2D eigenvalue weighted by atomic mass is 32.1. The molecule has 1 aliphatic carbocycles. The van der Waals surface area contributed by atoms with E-state index in [0.717, 1.165) is 23.5 Å². The smallest absolute Gasteiger partial charge is 0.0957 e. The van der Waals surface area contributed by atoms with Crippen LogP contribution in [0.1, 0.15) is 50.7 Å².